The summed E-state index contributed by atoms with van der Waals surface area (Å²) in [6.07, 6.45) is 11.0. The zero-order valence-corrected chi connectivity index (χ0v) is 17.0. The van der Waals surface area contributed by atoms with Crippen molar-refractivity contribution in [2.45, 2.75) is 43.9 Å². The molecule has 0 amide bonds. The van der Waals surface area contributed by atoms with E-state index in [9.17, 15) is 0 Å². The van der Waals surface area contributed by atoms with E-state index in [1.165, 1.54) is 61.2 Å². The fraction of sp³-hybridized carbons (Fsp3) is 0.522. The Morgan fingerprint density at radius 2 is 1.78 bits per heavy atom. The predicted octanol–water partition coefficient (Wildman–Crippen LogP) is 5.60. The molecule has 3 aromatic rings. The van der Waals surface area contributed by atoms with Gasteiger partial charge in [0.15, 0.2) is 4.96 Å². The van der Waals surface area contributed by atoms with Gasteiger partial charge in [-0.3, -0.25) is 4.40 Å². The summed E-state index contributed by atoms with van der Waals surface area (Å²) in [5.41, 5.74) is 5.57. The summed E-state index contributed by atoms with van der Waals surface area (Å²) in [6, 6.07) is 8.83. The second-order valence-electron chi connectivity index (χ2n) is 9.54. The van der Waals surface area contributed by atoms with Crippen molar-refractivity contribution in [3.05, 3.63) is 41.5 Å². The molecule has 4 saturated carbocycles. The zero-order chi connectivity index (χ0) is 18.2. The van der Waals surface area contributed by atoms with E-state index in [2.05, 4.69) is 59.2 Å². The van der Waals surface area contributed by atoms with Crippen LogP contribution in [-0.2, 0) is 5.41 Å². The maximum Gasteiger partial charge on any atom is 0.194 e. The van der Waals surface area contributed by atoms with Crippen molar-refractivity contribution < 1.29 is 0 Å². The molecule has 27 heavy (non-hydrogen) atoms. The molecule has 4 fully saturated rings. The first kappa shape index (κ1) is 16.2. The van der Waals surface area contributed by atoms with E-state index in [1.807, 2.05) is 0 Å². The highest BCUT2D eigenvalue weighted by Gasteiger charge is 2.52. The number of anilines is 1. The maximum absolute atomic E-state index is 5.18. The van der Waals surface area contributed by atoms with Crippen LogP contribution in [0.3, 0.4) is 0 Å². The lowest BCUT2D eigenvalue weighted by atomic mass is 9.49. The Balaban J connectivity index is 1.43. The molecule has 2 aromatic heterocycles. The molecular formula is C23H27N3S. The summed E-state index contributed by atoms with van der Waals surface area (Å²) in [6.45, 7) is 0. The molecule has 0 aliphatic heterocycles. The molecule has 0 spiro atoms. The van der Waals surface area contributed by atoms with Gasteiger partial charge in [-0.15, -0.1) is 11.3 Å². The second kappa shape index (κ2) is 5.60. The number of nitrogens with zero attached hydrogens (tertiary/aromatic N) is 3. The Morgan fingerprint density at radius 3 is 2.44 bits per heavy atom. The Hall–Kier alpha value is -1.81. The van der Waals surface area contributed by atoms with Gasteiger partial charge in [0.1, 0.15) is 0 Å². The van der Waals surface area contributed by atoms with E-state index < -0.39 is 0 Å². The first-order valence-corrected chi connectivity index (χ1v) is 11.2. The average Bonchev–Trinajstić information content (AvgIpc) is 3.21. The molecular weight excluding hydrogens is 350 g/mol. The SMILES string of the molecule is CN(C)c1cccc(-c2csc3nc(C45CC6CC(CC(C6)C4)C5)cn23)c1. The number of hydrogen-bond donors (Lipinski definition) is 0. The number of benzene rings is 1. The topological polar surface area (TPSA) is 20.5 Å². The van der Waals surface area contributed by atoms with Crippen LogP contribution in [0.15, 0.2) is 35.8 Å². The molecule has 4 bridgehead atoms. The Morgan fingerprint density at radius 1 is 1.07 bits per heavy atom. The molecule has 7 rings (SSSR count). The molecule has 3 nitrogen and oxygen atoms in total. The average molecular weight is 378 g/mol. The van der Waals surface area contributed by atoms with Crippen LogP contribution in [0, 0.1) is 17.8 Å². The maximum atomic E-state index is 5.18. The third kappa shape index (κ3) is 2.42. The van der Waals surface area contributed by atoms with Crippen molar-refractivity contribution >= 4 is 22.0 Å². The van der Waals surface area contributed by atoms with Gasteiger partial charge in [0.2, 0.25) is 0 Å². The Bertz CT molecular complexity index is 976. The lowest BCUT2D eigenvalue weighted by molar-refractivity contribution is -0.00696. The van der Waals surface area contributed by atoms with E-state index in [4.69, 9.17) is 4.98 Å². The van der Waals surface area contributed by atoms with E-state index in [-0.39, 0.29) is 0 Å². The van der Waals surface area contributed by atoms with Crippen molar-refractivity contribution in [2.75, 3.05) is 19.0 Å². The number of hydrogen-bond acceptors (Lipinski definition) is 3. The van der Waals surface area contributed by atoms with Crippen molar-refractivity contribution in [2.24, 2.45) is 17.8 Å². The zero-order valence-electron chi connectivity index (χ0n) is 16.2. The number of thiazole rings is 1. The van der Waals surface area contributed by atoms with Gasteiger partial charge in [-0.1, -0.05) is 12.1 Å². The van der Waals surface area contributed by atoms with Crippen molar-refractivity contribution in [1.29, 1.82) is 0 Å². The van der Waals surface area contributed by atoms with Gasteiger partial charge in [-0.05, 0) is 68.4 Å². The summed E-state index contributed by atoms with van der Waals surface area (Å²) >= 11 is 1.79. The molecule has 0 atom stereocenters. The van der Waals surface area contributed by atoms with E-state index in [0.29, 0.717) is 5.41 Å². The molecule has 0 unspecified atom stereocenters. The summed E-state index contributed by atoms with van der Waals surface area (Å²) in [4.78, 5) is 8.50. The lowest BCUT2D eigenvalue weighted by Gasteiger charge is -2.56. The first-order valence-electron chi connectivity index (χ1n) is 10.3. The van der Waals surface area contributed by atoms with Gasteiger partial charge in [0.25, 0.3) is 0 Å². The van der Waals surface area contributed by atoms with Gasteiger partial charge in [0, 0.05) is 42.3 Å². The van der Waals surface area contributed by atoms with Gasteiger partial charge in [-0.2, -0.15) is 0 Å². The van der Waals surface area contributed by atoms with Crippen LogP contribution < -0.4 is 4.90 Å². The quantitative estimate of drug-likeness (QED) is 0.592. The van der Waals surface area contributed by atoms with Crippen LogP contribution in [0.25, 0.3) is 16.2 Å². The van der Waals surface area contributed by atoms with Gasteiger partial charge >= 0.3 is 0 Å². The number of imidazole rings is 1. The first-order chi connectivity index (χ1) is 13.1. The van der Waals surface area contributed by atoms with Crippen LogP contribution >= 0.6 is 11.3 Å². The lowest BCUT2D eigenvalue weighted by Crippen LogP contribution is -2.48. The van der Waals surface area contributed by atoms with Gasteiger partial charge in [0.05, 0.1) is 11.4 Å². The highest BCUT2D eigenvalue weighted by Crippen LogP contribution is 2.60. The van der Waals surface area contributed by atoms with Crippen molar-refractivity contribution in [3.8, 4) is 11.3 Å². The summed E-state index contributed by atoms with van der Waals surface area (Å²) in [5, 5.41) is 2.26. The monoisotopic (exact) mass is 377 g/mol. The number of fused-ring (bicyclic) bond motifs is 1. The minimum Gasteiger partial charge on any atom is -0.378 e. The largest absolute Gasteiger partial charge is 0.378 e. The molecule has 140 valence electrons. The van der Waals surface area contributed by atoms with Crippen LogP contribution in [0.4, 0.5) is 5.69 Å². The van der Waals surface area contributed by atoms with E-state index >= 15 is 0 Å². The normalized spacial score (nSPS) is 31.7. The van der Waals surface area contributed by atoms with Crippen LogP contribution in [0.2, 0.25) is 0 Å². The summed E-state index contributed by atoms with van der Waals surface area (Å²) in [5.74, 6) is 2.90. The summed E-state index contributed by atoms with van der Waals surface area (Å²) in [7, 11) is 4.20. The molecule has 4 aliphatic carbocycles. The Labute approximate surface area is 165 Å². The van der Waals surface area contributed by atoms with Crippen LogP contribution in [0.1, 0.15) is 44.2 Å². The van der Waals surface area contributed by atoms with Gasteiger partial charge < -0.3 is 4.90 Å². The molecule has 4 aliphatic rings. The smallest absolute Gasteiger partial charge is 0.194 e. The highest BCUT2D eigenvalue weighted by atomic mass is 32.1. The fourth-order valence-corrected chi connectivity index (χ4v) is 7.50. The minimum atomic E-state index is 0.378. The molecule has 0 N–H and O–H groups in total. The molecule has 1 aromatic carbocycles. The molecule has 0 radical (unpaired) electrons. The standard InChI is InChI=1S/C23H27N3S/c1-25(2)19-5-3-4-18(9-19)20-14-27-22-24-21(13-26(20)22)23-10-15-6-16(11-23)8-17(7-15)12-23/h3-5,9,13-17H,6-8,10-12H2,1-2H3. The van der Waals surface area contributed by atoms with E-state index in [0.717, 1.165) is 22.7 Å². The van der Waals surface area contributed by atoms with Gasteiger partial charge in [-0.25, -0.2) is 4.98 Å². The predicted molar refractivity (Wildman–Crippen MR) is 113 cm³/mol. The summed E-state index contributed by atoms with van der Waals surface area (Å²) < 4.78 is 2.35. The Kier molecular flexibility index (Phi) is 3.36. The molecule has 4 heteroatoms. The second-order valence-corrected chi connectivity index (χ2v) is 10.4. The number of rotatable bonds is 3. The highest BCUT2D eigenvalue weighted by molar-refractivity contribution is 7.15. The minimum absolute atomic E-state index is 0.378. The molecule has 0 saturated heterocycles. The third-order valence-electron chi connectivity index (χ3n) is 7.45. The third-order valence-corrected chi connectivity index (χ3v) is 8.29. The molecule has 2 heterocycles. The van der Waals surface area contributed by atoms with Crippen molar-refractivity contribution in [3.63, 3.8) is 0 Å². The number of aromatic nitrogens is 2. The van der Waals surface area contributed by atoms with Crippen LogP contribution in [-0.4, -0.2) is 23.5 Å². The van der Waals surface area contributed by atoms with Crippen molar-refractivity contribution in [1.82, 2.24) is 9.38 Å². The fourth-order valence-electron chi connectivity index (χ4n) is 6.61. The van der Waals surface area contributed by atoms with E-state index in [1.54, 1.807) is 11.3 Å². The van der Waals surface area contributed by atoms with Crippen LogP contribution in [0.5, 0.6) is 0 Å².